The summed E-state index contributed by atoms with van der Waals surface area (Å²) in [5.41, 5.74) is 7.46. The molecule has 7 nitrogen and oxygen atoms in total. The molecule has 0 radical (unpaired) electrons. The predicted octanol–water partition coefficient (Wildman–Crippen LogP) is 4.35. The molecule has 1 fully saturated rings. The third-order valence-electron chi connectivity index (χ3n) is 6.09. The maximum Gasteiger partial charge on any atom is 0.270 e. The number of nitrogens with one attached hydrogen (secondary N) is 2. The van der Waals surface area contributed by atoms with Gasteiger partial charge < -0.3 is 4.90 Å². The maximum absolute atomic E-state index is 13.1. The summed E-state index contributed by atoms with van der Waals surface area (Å²) in [6.45, 7) is 3.09. The van der Waals surface area contributed by atoms with Crippen LogP contribution in [0.25, 0.3) is 22.2 Å². The van der Waals surface area contributed by atoms with Gasteiger partial charge in [0, 0.05) is 41.4 Å². The summed E-state index contributed by atoms with van der Waals surface area (Å²) in [7, 11) is 0. The smallest absolute Gasteiger partial charge is 0.270 e. The van der Waals surface area contributed by atoms with E-state index in [2.05, 4.69) is 15.8 Å². The minimum absolute atomic E-state index is 0.133. The lowest BCUT2D eigenvalue weighted by atomic mass is 9.96. The zero-order chi connectivity index (χ0) is 24.1. The second-order valence-corrected chi connectivity index (χ2v) is 8.81. The van der Waals surface area contributed by atoms with Gasteiger partial charge in [-0.3, -0.25) is 25.2 Å². The number of likely N-dealkylation sites (tertiary alicyclic amines) is 1. The van der Waals surface area contributed by atoms with E-state index in [-0.39, 0.29) is 17.7 Å². The van der Waals surface area contributed by atoms with Crippen LogP contribution in [0.5, 0.6) is 0 Å². The van der Waals surface area contributed by atoms with E-state index < -0.39 is 5.91 Å². The number of benzene rings is 2. The zero-order valence-corrected chi connectivity index (χ0v) is 19.8. The number of carbonyl (C=O) groups excluding carboxylic acids is 3. The Morgan fingerprint density at radius 3 is 2.47 bits per heavy atom. The molecule has 2 heterocycles. The van der Waals surface area contributed by atoms with Crippen LogP contribution in [0.3, 0.4) is 0 Å². The number of aromatic nitrogens is 1. The van der Waals surface area contributed by atoms with Crippen molar-refractivity contribution in [1.82, 2.24) is 20.7 Å². The molecule has 8 heteroatoms. The van der Waals surface area contributed by atoms with Crippen molar-refractivity contribution in [2.24, 2.45) is 5.92 Å². The fourth-order valence-corrected chi connectivity index (χ4v) is 4.45. The number of rotatable bonds is 5. The Hall–Kier alpha value is -3.45. The number of hydrazine groups is 1. The van der Waals surface area contributed by atoms with Crippen molar-refractivity contribution in [3.63, 3.8) is 0 Å². The Morgan fingerprint density at radius 1 is 1.03 bits per heavy atom. The van der Waals surface area contributed by atoms with Crippen LogP contribution in [0, 0.1) is 5.92 Å². The van der Waals surface area contributed by atoms with Gasteiger partial charge in [-0.25, -0.2) is 4.98 Å². The molecule has 0 saturated carbocycles. The molecule has 3 aromatic rings. The van der Waals surface area contributed by atoms with Gasteiger partial charge in [0.2, 0.25) is 11.8 Å². The molecule has 0 aliphatic carbocycles. The SMILES string of the molecule is CCCC(=O)N1CCC(C(=O)NNC(=O)c2cc(-c3ccccc3Cl)nc3ccccc23)CC1. The topological polar surface area (TPSA) is 91.4 Å². The number of carbonyl (C=O) groups is 3. The largest absolute Gasteiger partial charge is 0.343 e. The van der Waals surface area contributed by atoms with Crippen molar-refractivity contribution in [3.8, 4) is 11.3 Å². The Labute approximate surface area is 203 Å². The standard InChI is InChI=1S/C26H27ClN4O3/c1-2-7-24(32)31-14-12-17(13-15-31)25(33)29-30-26(34)20-16-23(19-9-3-5-10-21(19)27)28-22-11-6-4-8-18(20)22/h3-6,8-11,16-17H,2,7,12-15H2,1H3,(H,29,33)(H,30,34). The van der Waals surface area contributed by atoms with Crippen LogP contribution in [0.15, 0.2) is 54.6 Å². The molecular weight excluding hydrogens is 452 g/mol. The van der Waals surface area contributed by atoms with Gasteiger partial charge in [-0.1, -0.05) is 54.9 Å². The van der Waals surface area contributed by atoms with Gasteiger partial charge in [0.1, 0.15) is 0 Å². The molecule has 176 valence electrons. The number of halogens is 1. The summed E-state index contributed by atoms with van der Waals surface area (Å²) < 4.78 is 0. The third kappa shape index (κ3) is 5.20. The second kappa shape index (κ2) is 10.7. The molecule has 4 rings (SSSR count). The molecule has 0 spiro atoms. The van der Waals surface area contributed by atoms with Crippen molar-refractivity contribution in [2.75, 3.05) is 13.1 Å². The predicted molar refractivity (Wildman–Crippen MR) is 132 cm³/mol. The van der Waals surface area contributed by atoms with Gasteiger partial charge in [-0.2, -0.15) is 0 Å². The molecular formula is C26H27ClN4O3. The van der Waals surface area contributed by atoms with E-state index in [0.717, 1.165) is 12.0 Å². The van der Waals surface area contributed by atoms with Crippen LogP contribution < -0.4 is 10.9 Å². The van der Waals surface area contributed by atoms with Gasteiger partial charge in [-0.05, 0) is 37.5 Å². The number of amides is 3. The zero-order valence-electron chi connectivity index (χ0n) is 19.0. The first-order valence-electron chi connectivity index (χ1n) is 11.5. The molecule has 0 bridgehead atoms. The van der Waals surface area contributed by atoms with Crippen LogP contribution in [0.2, 0.25) is 5.02 Å². The Morgan fingerprint density at radius 2 is 1.74 bits per heavy atom. The van der Waals surface area contributed by atoms with E-state index in [1.54, 1.807) is 12.1 Å². The number of piperidine rings is 1. The first-order valence-corrected chi connectivity index (χ1v) is 11.9. The Kier molecular flexibility index (Phi) is 7.43. The summed E-state index contributed by atoms with van der Waals surface area (Å²) >= 11 is 6.36. The maximum atomic E-state index is 13.1. The minimum Gasteiger partial charge on any atom is -0.343 e. The number of nitrogens with zero attached hydrogens (tertiary/aromatic N) is 2. The van der Waals surface area contributed by atoms with Crippen LogP contribution in [0.1, 0.15) is 43.0 Å². The van der Waals surface area contributed by atoms with E-state index >= 15 is 0 Å². The third-order valence-corrected chi connectivity index (χ3v) is 6.42. The van der Waals surface area contributed by atoms with Gasteiger partial charge in [-0.15, -0.1) is 0 Å². The lowest BCUT2D eigenvalue weighted by Gasteiger charge is -2.31. The molecule has 1 saturated heterocycles. The van der Waals surface area contributed by atoms with Crippen molar-refractivity contribution < 1.29 is 14.4 Å². The van der Waals surface area contributed by atoms with Crippen molar-refractivity contribution in [3.05, 3.63) is 65.2 Å². The van der Waals surface area contributed by atoms with E-state index in [0.29, 0.717) is 59.5 Å². The quantitative estimate of drug-likeness (QED) is 0.533. The van der Waals surface area contributed by atoms with Gasteiger partial charge in [0.05, 0.1) is 16.8 Å². The fraction of sp³-hybridized carbons (Fsp3) is 0.308. The van der Waals surface area contributed by atoms with Crippen molar-refractivity contribution in [1.29, 1.82) is 0 Å². The minimum atomic E-state index is -0.434. The molecule has 1 aromatic heterocycles. The van der Waals surface area contributed by atoms with E-state index in [4.69, 9.17) is 11.6 Å². The molecule has 1 aliphatic rings. The van der Waals surface area contributed by atoms with Crippen LogP contribution in [-0.2, 0) is 9.59 Å². The monoisotopic (exact) mass is 478 g/mol. The summed E-state index contributed by atoms with van der Waals surface area (Å²) in [6.07, 6.45) is 2.49. The summed E-state index contributed by atoms with van der Waals surface area (Å²) in [5.74, 6) is -0.802. The summed E-state index contributed by atoms with van der Waals surface area (Å²) in [6, 6.07) is 16.3. The summed E-state index contributed by atoms with van der Waals surface area (Å²) in [5, 5.41) is 1.21. The van der Waals surface area contributed by atoms with Crippen molar-refractivity contribution in [2.45, 2.75) is 32.6 Å². The number of pyridine rings is 1. The normalized spacial score (nSPS) is 14.1. The van der Waals surface area contributed by atoms with Gasteiger partial charge >= 0.3 is 0 Å². The van der Waals surface area contributed by atoms with Crippen molar-refractivity contribution >= 4 is 40.2 Å². The number of hydrogen-bond acceptors (Lipinski definition) is 4. The molecule has 0 atom stereocenters. The molecule has 1 aliphatic heterocycles. The van der Waals surface area contributed by atoms with Crippen LogP contribution in [-0.4, -0.2) is 40.7 Å². The van der Waals surface area contributed by atoms with E-state index in [1.165, 1.54) is 0 Å². The first-order chi connectivity index (χ1) is 16.5. The van der Waals surface area contributed by atoms with Crippen LogP contribution >= 0.6 is 11.6 Å². The summed E-state index contributed by atoms with van der Waals surface area (Å²) in [4.78, 5) is 44.3. The highest BCUT2D eigenvalue weighted by Crippen LogP contribution is 2.29. The second-order valence-electron chi connectivity index (χ2n) is 8.40. The highest BCUT2D eigenvalue weighted by molar-refractivity contribution is 6.33. The average molecular weight is 479 g/mol. The number of hydrogen-bond donors (Lipinski definition) is 2. The van der Waals surface area contributed by atoms with Gasteiger partial charge in [0.25, 0.3) is 5.91 Å². The van der Waals surface area contributed by atoms with Crippen LogP contribution in [0.4, 0.5) is 0 Å². The molecule has 2 N–H and O–H groups in total. The Balaban J connectivity index is 1.47. The molecule has 34 heavy (non-hydrogen) atoms. The van der Waals surface area contributed by atoms with Gasteiger partial charge in [0.15, 0.2) is 0 Å². The number of fused-ring (bicyclic) bond motifs is 1. The Bertz CT molecular complexity index is 1220. The highest BCUT2D eigenvalue weighted by Gasteiger charge is 2.27. The van der Waals surface area contributed by atoms with E-state index in [1.807, 2.05) is 54.3 Å². The average Bonchev–Trinajstić information content (AvgIpc) is 2.87. The van der Waals surface area contributed by atoms with E-state index in [9.17, 15) is 14.4 Å². The molecule has 2 aromatic carbocycles. The lowest BCUT2D eigenvalue weighted by molar-refractivity contribution is -0.135. The molecule has 0 unspecified atom stereocenters. The lowest BCUT2D eigenvalue weighted by Crippen LogP contribution is -2.48. The molecule has 3 amide bonds. The number of para-hydroxylation sites is 1. The highest BCUT2D eigenvalue weighted by atomic mass is 35.5. The first kappa shape index (κ1) is 23.7. The fourth-order valence-electron chi connectivity index (χ4n) is 4.22.